The maximum absolute atomic E-state index is 13.4. The summed E-state index contributed by atoms with van der Waals surface area (Å²) in [6.45, 7) is 2.68. The topological polar surface area (TPSA) is 126 Å². The number of aromatic nitrogens is 3. The molecule has 45 heavy (non-hydrogen) atoms. The molecule has 0 fully saturated rings. The summed E-state index contributed by atoms with van der Waals surface area (Å²) in [4.78, 5) is 38.6. The highest BCUT2D eigenvalue weighted by molar-refractivity contribution is 6.21. The van der Waals surface area contributed by atoms with Crippen LogP contribution in [0, 0.1) is 5.82 Å². The van der Waals surface area contributed by atoms with E-state index in [0.29, 0.717) is 85.5 Å². The third-order valence-electron chi connectivity index (χ3n) is 7.22. The molecule has 3 heterocycles. The Hall–Kier alpha value is -5.20. The van der Waals surface area contributed by atoms with E-state index in [2.05, 4.69) is 10.3 Å². The first-order chi connectivity index (χ1) is 22.0. The monoisotopic (exact) mass is 612 g/mol. The average Bonchev–Trinajstić information content (AvgIpc) is 3.61. The molecule has 2 amide bonds. The standard InChI is InChI=1S/C33H29FN4O7/c34-23-7-10-30-28(19-23)29(39)20-31(45-30)22-5-8-25(9-6-22)44-18-17-43-16-15-42-14-13-37-21-24(35-36-37)11-12-38-32(40)26-3-1-2-4-27(26)33(38)41/h1-10,19-21H,11-18H2. The predicted molar refractivity (Wildman–Crippen MR) is 161 cm³/mol. The third-order valence-corrected chi connectivity index (χ3v) is 7.22. The summed E-state index contributed by atoms with van der Waals surface area (Å²) >= 11 is 0. The van der Waals surface area contributed by atoms with Crippen molar-refractivity contribution in [1.29, 1.82) is 0 Å². The Balaban J connectivity index is 0.842. The fourth-order valence-corrected chi connectivity index (χ4v) is 4.92. The lowest BCUT2D eigenvalue weighted by Crippen LogP contribution is -2.31. The first kappa shape index (κ1) is 29.9. The zero-order valence-electron chi connectivity index (χ0n) is 24.2. The van der Waals surface area contributed by atoms with Crippen molar-refractivity contribution in [2.45, 2.75) is 13.0 Å². The molecule has 0 saturated carbocycles. The molecule has 0 radical (unpaired) electrons. The first-order valence-corrected chi connectivity index (χ1v) is 14.4. The number of nitrogens with zero attached hydrogens (tertiary/aromatic N) is 4. The molecule has 0 unspecified atom stereocenters. The highest BCUT2D eigenvalue weighted by atomic mass is 19.1. The minimum atomic E-state index is -0.489. The molecule has 11 nitrogen and oxygen atoms in total. The van der Waals surface area contributed by atoms with Crippen LogP contribution in [0.5, 0.6) is 5.75 Å². The second kappa shape index (κ2) is 13.6. The Kier molecular flexibility index (Phi) is 9.04. The highest BCUT2D eigenvalue weighted by Crippen LogP contribution is 2.25. The molecular weight excluding hydrogens is 583 g/mol. The lowest BCUT2D eigenvalue weighted by atomic mass is 10.1. The van der Waals surface area contributed by atoms with Crippen LogP contribution in [0.15, 0.2) is 88.2 Å². The van der Waals surface area contributed by atoms with Crippen LogP contribution in [0.3, 0.4) is 0 Å². The second-order valence-electron chi connectivity index (χ2n) is 10.2. The van der Waals surface area contributed by atoms with Crippen molar-refractivity contribution < 1.29 is 32.6 Å². The molecule has 2 aromatic heterocycles. The number of ether oxygens (including phenoxy) is 3. The summed E-state index contributed by atoms with van der Waals surface area (Å²) in [6.07, 6.45) is 2.19. The summed E-state index contributed by atoms with van der Waals surface area (Å²) < 4.78 is 37.8. The van der Waals surface area contributed by atoms with Crippen LogP contribution < -0.4 is 10.2 Å². The van der Waals surface area contributed by atoms with Gasteiger partial charge in [0.1, 0.15) is 29.5 Å². The van der Waals surface area contributed by atoms with E-state index >= 15 is 0 Å². The zero-order valence-corrected chi connectivity index (χ0v) is 24.2. The van der Waals surface area contributed by atoms with Crippen LogP contribution in [0.4, 0.5) is 4.39 Å². The fourth-order valence-electron chi connectivity index (χ4n) is 4.92. The van der Waals surface area contributed by atoms with Crippen LogP contribution in [0.25, 0.3) is 22.3 Å². The minimum absolute atomic E-state index is 0.199. The number of rotatable bonds is 14. The molecule has 1 aliphatic heterocycles. The number of halogens is 1. The molecule has 0 saturated heterocycles. The molecular formula is C33H29FN4O7. The van der Waals surface area contributed by atoms with Crippen molar-refractivity contribution in [3.8, 4) is 17.1 Å². The number of carbonyl (C=O) groups is 2. The molecule has 0 N–H and O–H groups in total. The van der Waals surface area contributed by atoms with Gasteiger partial charge in [-0.3, -0.25) is 19.3 Å². The second-order valence-corrected chi connectivity index (χ2v) is 10.2. The summed E-state index contributed by atoms with van der Waals surface area (Å²) in [5.41, 5.74) is 2.26. The van der Waals surface area contributed by atoms with Gasteiger partial charge in [-0.1, -0.05) is 17.3 Å². The van der Waals surface area contributed by atoms with Gasteiger partial charge >= 0.3 is 0 Å². The molecule has 0 aliphatic carbocycles. The van der Waals surface area contributed by atoms with Gasteiger partial charge in [0.2, 0.25) is 0 Å². The van der Waals surface area contributed by atoms with Crippen LogP contribution in [0.1, 0.15) is 26.4 Å². The van der Waals surface area contributed by atoms with Gasteiger partial charge in [-0.05, 0) is 54.6 Å². The smallest absolute Gasteiger partial charge is 0.261 e. The molecule has 3 aromatic carbocycles. The molecule has 5 aromatic rings. The van der Waals surface area contributed by atoms with Gasteiger partial charge in [0.05, 0.1) is 55.2 Å². The predicted octanol–water partition coefficient (Wildman–Crippen LogP) is 4.14. The van der Waals surface area contributed by atoms with Gasteiger partial charge in [-0.25, -0.2) is 9.07 Å². The number of carbonyl (C=O) groups excluding carboxylic acids is 2. The number of hydrogen-bond donors (Lipinski definition) is 0. The first-order valence-electron chi connectivity index (χ1n) is 14.4. The fraction of sp³-hybridized carbons (Fsp3) is 0.242. The van der Waals surface area contributed by atoms with Crippen molar-refractivity contribution >= 4 is 22.8 Å². The number of fused-ring (bicyclic) bond motifs is 2. The molecule has 0 spiro atoms. The van der Waals surface area contributed by atoms with Gasteiger partial charge < -0.3 is 18.6 Å². The number of amides is 2. The van der Waals surface area contributed by atoms with E-state index in [1.165, 1.54) is 29.2 Å². The molecule has 1 aliphatic rings. The maximum atomic E-state index is 13.4. The Bertz CT molecular complexity index is 1850. The SMILES string of the molecule is O=C1c2ccccc2C(=O)N1CCc1cn(CCOCCOCCOc2ccc(-c3cc(=O)c4cc(F)ccc4o3)cc2)nn1. The third kappa shape index (κ3) is 6.97. The lowest BCUT2D eigenvalue weighted by Gasteiger charge is -2.12. The van der Waals surface area contributed by atoms with Crippen molar-refractivity contribution in [3.05, 3.63) is 112 Å². The molecule has 0 bridgehead atoms. The van der Waals surface area contributed by atoms with E-state index in [1.807, 2.05) is 0 Å². The van der Waals surface area contributed by atoms with Crippen LogP contribution in [-0.4, -0.2) is 71.3 Å². The number of hydrogen-bond acceptors (Lipinski definition) is 9. The Morgan fingerprint density at radius 3 is 2.24 bits per heavy atom. The van der Waals surface area contributed by atoms with Crippen molar-refractivity contribution in [1.82, 2.24) is 19.9 Å². The van der Waals surface area contributed by atoms with Crippen molar-refractivity contribution in [2.24, 2.45) is 0 Å². The molecule has 0 atom stereocenters. The molecule has 12 heteroatoms. The van der Waals surface area contributed by atoms with Crippen LogP contribution in [0.2, 0.25) is 0 Å². The summed E-state index contributed by atoms with van der Waals surface area (Å²) in [5.74, 6) is -0.0280. The van der Waals surface area contributed by atoms with E-state index in [0.717, 1.165) is 0 Å². The van der Waals surface area contributed by atoms with E-state index in [1.54, 1.807) is 59.4 Å². The Labute approximate surface area is 256 Å². The van der Waals surface area contributed by atoms with Crippen molar-refractivity contribution in [2.75, 3.05) is 39.6 Å². The Morgan fingerprint density at radius 2 is 1.49 bits per heavy atom. The van der Waals surface area contributed by atoms with Gasteiger partial charge in [0.15, 0.2) is 5.43 Å². The van der Waals surface area contributed by atoms with Crippen LogP contribution >= 0.6 is 0 Å². The average molecular weight is 613 g/mol. The van der Waals surface area contributed by atoms with Crippen LogP contribution in [-0.2, 0) is 22.4 Å². The summed E-state index contributed by atoms with van der Waals surface area (Å²) in [6, 6.07) is 19.1. The van der Waals surface area contributed by atoms with E-state index in [4.69, 9.17) is 18.6 Å². The molecule has 6 rings (SSSR count). The zero-order chi connectivity index (χ0) is 31.2. The number of benzene rings is 3. The number of imide groups is 1. The minimum Gasteiger partial charge on any atom is -0.491 e. The normalized spacial score (nSPS) is 12.7. The van der Waals surface area contributed by atoms with Gasteiger partial charge in [-0.2, -0.15) is 0 Å². The lowest BCUT2D eigenvalue weighted by molar-refractivity contribution is 0.0333. The van der Waals surface area contributed by atoms with Crippen molar-refractivity contribution in [3.63, 3.8) is 0 Å². The van der Waals surface area contributed by atoms with E-state index in [-0.39, 0.29) is 29.2 Å². The van der Waals surface area contributed by atoms with Gasteiger partial charge in [0.25, 0.3) is 11.8 Å². The quantitative estimate of drug-likeness (QED) is 0.134. The van der Waals surface area contributed by atoms with Gasteiger partial charge in [-0.15, -0.1) is 5.10 Å². The maximum Gasteiger partial charge on any atom is 0.261 e. The van der Waals surface area contributed by atoms with E-state index < -0.39 is 5.82 Å². The largest absolute Gasteiger partial charge is 0.491 e. The van der Waals surface area contributed by atoms with Gasteiger partial charge in [0, 0.05) is 30.8 Å². The Morgan fingerprint density at radius 1 is 0.778 bits per heavy atom. The summed E-state index contributed by atoms with van der Waals surface area (Å²) in [7, 11) is 0. The molecule has 230 valence electrons. The van der Waals surface area contributed by atoms with E-state index in [9.17, 15) is 18.8 Å². The summed E-state index contributed by atoms with van der Waals surface area (Å²) in [5, 5.41) is 8.41. The highest BCUT2D eigenvalue weighted by Gasteiger charge is 2.34.